The lowest BCUT2D eigenvalue weighted by atomic mass is 9.76. The number of carbonyl (C=O) groups excluding carboxylic acids is 1. The van der Waals surface area contributed by atoms with E-state index < -0.39 is 0 Å². The Morgan fingerprint density at radius 1 is 1.32 bits per heavy atom. The lowest BCUT2D eigenvalue weighted by Gasteiger charge is -2.47. The van der Waals surface area contributed by atoms with Crippen LogP contribution >= 0.6 is 0 Å². The van der Waals surface area contributed by atoms with Gasteiger partial charge in [0.1, 0.15) is 0 Å². The molecule has 1 saturated heterocycles. The van der Waals surface area contributed by atoms with Crippen LogP contribution in [0.15, 0.2) is 0 Å². The van der Waals surface area contributed by atoms with Crippen molar-refractivity contribution in [3.05, 3.63) is 0 Å². The number of amides is 2. The van der Waals surface area contributed by atoms with Crippen molar-refractivity contribution in [2.75, 3.05) is 26.2 Å². The smallest absolute Gasteiger partial charge is 0.320 e. The summed E-state index contributed by atoms with van der Waals surface area (Å²) < 4.78 is 0. The lowest BCUT2D eigenvalue weighted by molar-refractivity contribution is 0.0592. The summed E-state index contributed by atoms with van der Waals surface area (Å²) in [6.45, 7) is 7.62. The normalized spacial score (nSPS) is 31.5. The van der Waals surface area contributed by atoms with Crippen molar-refractivity contribution < 1.29 is 4.79 Å². The van der Waals surface area contributed by atoms with E-state index in [2.05, 4.69) is 18.7 Å². The topological polar surface area (TPSA) is 49.6 Å². The summed E-state index contributed by atoms with van der Waals surface area (Å²) in [5.74, 6) is 0.778. The van der Waals surface area contributed by atoms with E-state index in [1.54, 1.807) is 0 Å². The van der Waals surface area contributed by atoms with Crippen molar-refractivity contribution in [1.82, 2.24) is 9.80 Å². The zero-order valence-electron chi connectivity index (χ0n) is 12.5. The maximum Gasteiger partial charge on any atom is 0.320 e. The van der Waals surface area contributed by atoms with Crippen molar-refractivity contribution in [2.45, 2.75) is 57.9 Å². The first-order chi connectivity index (χ1) is 9.13. The monoisotopic (exact) mass is 267 g/mol. The summed E-state index contributed by atoms with van der Waals surface area (Å²) in [6, 6.07) is 0.222. The van der Waals surface area contributed by atoms with Crippen LogP contribution < -0.4 is 5.73 Å². The molecule has 0 unspecified atom stereocenters. The fourth-order valence-corrected chi connectivity index (χ4v) is 3.64. The highest BCUT2D eigenvalue weighted by molar-refractivity contribution is 5.75. The summed E-state index contributed by atoms with van der Waals surface area (Å²) in [5, 5.41) is 0. The molecule has 0 atom stereocenters. The molecule has 1 saturated carbocycles. The van der Waals surface area contributed by atoms with Gasteiger partial charge >= 0.3 is 6.03 Å². The predicted octanol–water partition coefficient (Wildman–Crippen LogP) is 2.43. The summed E-state index contributed by atoms with van der Waals surface area (Å²) >= 11 is 0. The van der Waals surface area contributed by atoms with Crippen molar-refractivity contribution in [3.63, 3.8) is 0 Å². The van der Waals surface area contributed by atoms with E-state index in [0.29, 0.717) is 6.54 Å². The number of rotatable bonds is 3. The first-order valence-corrected chi connectivity index (χ1v) is 7.89. The van der Waals surface area contributed by atoms with Gasteiger partial charge in [0.2, 0.25) is 0 Å². The minimum atomic E-state index is -0.0824. The van der Waals surface area contributed by atoms with Crippen molar-refractivity contribution >= 4 is 6.03 Å². The van der Waals surface area contributed by atoms with E-state index in [9.17, 15) is 4.79 Å². The molecule has 0 radical (unpaired) electrons. The van der Waals surface area contributed by atoms with Crippen molar-refractivity contribution in [2.24, 2.45) is 11.7 Å². The highest BCUT2D eigenvalue weighted by Crippen LogP contribution is 2.36. The Hall–Kier alpha value is -0.770. The molecule has 2 N–H and O–H groups in total. The Balaban J connectivity index is 2.11. The van der Waals surface area contributed by atoms with Crippen LogP contribution in [0.25, 0.3) is 0 Å². The van der Waals surface area contributed by atoms with Crippen LogP contribution in [-0.2, 0) is 0 Å². The molecular weight excluding hydrogens is 238 g/mol. The van der Waals surface area contributed by atoms with Crippen LogP contribution in [0.5, 0.6) is 0 Å². The maximum absolute atomic E-state index is 12.7. The average Bonchev–Trinajstić information content (AvgIpc) is 2.96. The second-order valence-corrected chi connectivity index (χ2v) is 6.33. The molecular formula is C15H29N3O. The van der Waals surface area contributed by atoms with E-state index in [-0.39, 0.29) is 11.6 Å². The molecule has 2 amide bonds. The third-order valence-corrected chi connectivity index (χ3v) is 5.08. The molecule has 2 rings (SSSR count). The van der Waals surface area contributed by atoms with Gasteiger partial charge in [-0.2, -0.15) is 0 Å². The quantitative estimate of drug-likeness (QED) is 0.854. The molecule has 1 aliphatic heterocycles. The van der Waals surface area contributed by atoms with Gasteiger partial charge in [-0.25, -0.2) is 4.79 Å². The molecule has 1 heterocycles. The van der Waals surface area contributed by atoms with Gasteiger partial charge in [-0.3, -0.25) is 0 Å². The highest BCUT2D eigenvalue weighted by atomic mass is 16.2. The second kappa shape index (κ2) is 6.12. The van der Waals surface area contributed by atoms with Crippen LogP contribution in [0, 0.1) is 5.92 Å². The van der Waals surface area contributed by atoms with E-state index >= 15 is 0 Å². The summed E-state index contributed by atoms with van der Waals surface area (Å²) in [4.78, 5) is 16.8. The molecule has 4 nitrogen and oxygen atoms in total. The molecule has 19 heavy (non-hydrogen) atoms. The Kier molecular flexibility index (Phi) is 4.71. The van der Waals surface area contributed by atoms with E-state index in [1.165, 1.54) is 12.8 Å². The fraction of sp³-hybridized carbons (Fsp3) is 0.933. The van der Waals surface area contributed by atoms with E-state index in [1.807, 2.05) is 4.90 Å². The predicted molar refractivity (Wildman–Crippen MR) is 78.0 cm³/mol. The highest BCUT2D eigenvalue weighted by Gasteiger charge is 2.41. The molecule has 0 aromatic rings. The number of urea groups is 1. The summed E-state index contributed by atoms with van der Waals surface area (Å²) in [5.41, 5.74) is 6.00. The molecule has 0 bridgehead atoms. The van der Waals surface area contributed by atoms with Gasteiger partial charge in [0.05, 0.1) is 5.54 Å². The zero-order valence-corrected chi connectivity index (χ0v) is 12.5. The van der Waals surface area contributed by atoms with E-state index in [4.69, 9.17) is 5.73 Å². The number of likely N-dealkylation sites (tertiary alicyclic amines) is 1. The molecule has 4 heteroatoms. The molecule has 110 valence electrons. The Morgan fingerprint density at radius 3 is 2.37 bits per heavy atom. The number of hydrogen-bond acceptors (Lipinski definition) is 2. The third-order valence-electron chi connectivity index (χ3n) is 5.08. The summed E-state index contributed by atoms with van der Waals surface area (Å²) in [6.07, 6.45) is 6.82. The number of carbonyl (C=O) groups is 1. The van der Waals surface area contributed by atoms with Gasteiger partial charge in [-0.1, -0.05) is 6.92 Å². The zero-order chi connectivity index (χ0) is 13.9. The second-order valence-electron chi connectivity index (χ2n) is 6.33. The maximum atomic E-state index is 12.7. The minimum Gasteiger partial charge on any atom is -0.328 e. The molecule has 0 spiro atoms. The molecule has 0 aromatic carbocycles. The molecule has 0 aromatic heterocycles. The van der Waals surface area contributed by atoms with Crippen LogP contribution in [0.3, 0.4) is 0 Å². The van der Waals surface area contributed by atoms with Gasteiger partial charge in [-0.05, 0) is 51.4 Å². The van der Waals surface area contributed by atoms with Gasteiger partial charge in [0, 0.05) is 26.2 Å². The average molecular weight is 267 g/mol. The van der Waals surface area contributed by atoms with E-state index in [0.717, 1.165) is 51.2 Å². The molecule has 2 aliphatic rings. The van der Waals surface area contributed by atoms with Crippen LogP contribution in [0.2, 0.25) is 0 Å². The van der Waals surface area contributed by atoms with Crippen molar-refractivity contribution in [3.8, 4) is 0 Å². The standard InChI is InChI=1S/C15H29N3O/c1-3-18(14(19)17-10-4-5-11-17)15(12-16)8-6-13(2)7-9-15/h13H,3-12,16H2,1-2H3. The first kappa shape index (κ1) is 14.6. The Labute approximate surface area is 117 Å². The number of hydrogen-bond donors (Lipinski definition) is 1. The van der Waals surface area contributed by atoms with Crippen LogP contribution in [0.4, 0.5) is 4.79 Å². The Morgan fingerprint density at radius 2 is 1.89 bits per heavy atom. The molecule has 1 aliphatic carbocycles. The van der Waals surface area contributed by atoms with Gasteiger partial charge < -0.3 is 15.5 Å². The van der Waals surface area contributed by atoms with Crippen molar-refractivity contribution in [1.29, 1.82) is 0 Å². The number of likely N-dealkylation sites (N-methyl/N-ethyl adjacent to an activating group) is 1. The minimum absolute atomic E-state index is 0.0824. The first-order valence-electron chi connectivity index (χ1n) is 7.89. The van der Waals surface area contributed by atoms with Crippen LogP contribution in [0.1, 0.15) is 52.4 Å². The van der Waals surface area contributed by atoms with Gasteiger partial charge in [0.15, 0.2) is 0 Å². The largest absolute Gasteiger partial charge is 0.328 e. The Bertz CT molecular complexity index is 305. The third kappa shape index (κ3) is 2.88. The number of nitrogens with two attached hydrogens (primary N) is 1. The SMILES string of the molecule is CCN(C(=O)N1CCCC1)C1(CN)CCC(C)CC1. The fourth-order valence-electron chi connectivity index (χ4n) is 3.64. The van der Waals surface area contributed by atoms with Gasteiger partial charge in [0.25, 0.3) is 0 Å². The van der Waals surface area contributed by atoms with Crippen LogP contribution in [-0.4, -0.2) is 47.5 Å². The molecule has 2 fully saturated rings. The summed E-state index contributed by atoms with van der Waals surface area (Å²) in [7, 11) is 0. The van der Waals surface area contributed by atoms with Gasteiger partial charge in [-0.15, -0.1) is 0 Å². The number of nitrogens with zero attached hydrogens (tertiary/aromatic N) is 2. The lowest BCUT2D eigenvalue weighted by Crippen LogP contribution is -2.60.